The summed E-state index contributed by atoms with van der Waals surface area (Å²) in [5.74, 6) is 0.478. The largest absolute Gasteiger partial charge is 0.341 e. The number of hydrogen-bond donors (Lipinski definition) is 1. The fourth-order valence-corrected chi connectivity index (χ4v) is 3.23. The van der Waals surface area contributed by atoms with E-state index in [9.17, 15) is 14.4 Å². The summed E-state index contributed by atoms with van der Waals surface area (Å²) < 4.78 is 0. The first-order valence-electron chi connectivity index (χ1n) is 8.37. The highest BCUT2D eigenvalue weighted by Gasteiger charge is 2.56. The fraction of sp³-hybridized carbons (Fsp3) is 0.812. The lowest BCUT2D eigenvalue weighted by molar-refractivity contribution is -0.139. The number of urea groups is 1. The van der Waals surface area contributed by atoms with Crippen LogP contribution in [0.25, 0.3) is 0 Å². The first-order valence-corrected chi connectivity index (χ1v) is 8.37. The summed E-state index contributed by atoms with van der Waals surface area (Å²) in [7, 11) is 0. The molecule has 3 aliphatic rings. The topological polar surface area (TPSA) is 69.7 Å². The second-order valence-electron chi connectivity index (χ2n) is 7.08. The van der Waals surface area contributed by atoms with Crippen LogP contribution in [-0.2, 0) is 9.59 Å². The van der Waals surface area contributed by atoms with Crippen molar-refractivity contribution in [2.24, 2.45) is 11.8 Å². The van der Waals surface area contributed by atoms with Gasteiger partial charge in [-0.05, 0) is 50.9 Å². The van der Waals surface area contributed by atoms with Crippen LogP contribution in [0.5, 0.6) is 0 Å². The molecule has 0 bridgehead atoms. The number of amides is 4. The highest BCUT2D eigenvalue weighted by Crippen LogP contribution is 2.42. The summed E-state index contributed by atoms with van der Waals surface area (Å²) in [5.41, 5.74) is -0.802. The minimum absolute atomic E-state index is 0.114. The van der Waals surface area contributed by atoms with Gasteiger partial charge in [0.25, 0.3) is 5.91 Å². The Hall–Kier alpha value is -1.59. The molecule has 0 spiro atoms. The summed E-state index contributed by atoms with van der Waals surface area (Å²) in [6.07, 6.45) is 5.17. The van der Waals surface area contributed by atoms with Crippen molar-refractivity contribution in [2.45, 2.75) is 51.5 Å². The zero-order chi connectivity index (χ0) is 15.9. The van der Waals surface area contributed by atoms with Crippen LogP contribution >= 0.6 is 0 Å². The van der Waals surface area contributed by atoms with Crippen molar-refractivity contribution >= 4 is 17.8 Å². The number of nitrogens with zero attached hydrogens (tertiary/aromatic N) is 2. The predicted molar refractivity (Wildman–Crippen MR) is 81.0 cm³/mol. The maximum absolute atomic E-state index is 12.5. The molecule has 0 radical (unpaired) electrons. The number of imide groups is 1. The standard InChI is InChI=1S/C16H25N3O3/c1-3-8-18(9-11-4-5-11)13(20)10-19-14(21)16(2,12-6-7-12)17-15(19)22/h11-12H,3-10H2,1-2H3,(H,17,22). The molecule has 1 aliphatic heterocycles. The second kappa shape index (κ2) is 5.56. The highest BCUT2D eigenvalue weighted by atomic mass is 16.2. The molecule has 0 aromatic rings. The monoisotopic (exact) mass is 307 g/mol. The second-order valence-corrected chi connectivity index (χ2v) is 7.08. The van der Waals surface area contributed by atoms with E-state index in [1.807, 2.05) is 11.8 Å². The van der Waals surface area contributed by atoms with Crippen LogP contribution in [0.15, 0.2) is 0 Å². The van der Waals surface area contributed by atoms with Gasteiger partial charge in [-0.2, -0.15) is 0 Å². The van der Waals surface area contributed by atoms with Gasteiger partial charge in [-0.15, -0.1) is 0 Å². The molecule has 0 aromatic heterocycles. The minimum Gasteiger partial charge on any atom is -0.341 e. The van der Waals surface area contributed by atoms with Gasteiger partial charge in [0.2, 0.25) is 5.91 Å². The average Bonchev–Trinajstić information content (AvgIpc) is 3.35. The molecule has 6 heteroatoms. The molecule has 4 amide bonds. The van der Waals surface area contributed by atoms with Crippen LogP contribution < -0.4 is 5.32 Å². The molecule has 6 nitrogen and oxygen atoms in total. The Morgan fingerprint density at radius 3 is 2.55 bits per heavy atom. The smallest absolute Gasteiger partial charge is 0.325 e. The van der Waals surface area contributed by atoms with Crippen molar-refractivity contribution in [3.8, 4) is 0 Å². The number of rotatable bonds is 7. The lowest BCUT2D eigenvalue weighted by Crippen LogP contribution is -2.47. The molecule has 0 aromatic carbocycles. The fourth-order valence-electron chi connectivity index (χ4n) is 3.23. The molecule has 1 unspecified atom stereocenters. The van der Waals surface area contributed by atoms with Crippen LogP contribution in [0.1, 0.15) is 46.0 Å². The Morgan fingerprint density at radius 2 is 2.00 bits per heavy atom. The van der Waals surface area contributed by atoms with Gasteiger partial charge in [0.05, 0.1) is 0 Å². The predicted octanol–water partition coefficient (Wildman–Crippen LogP) is 1.36. The Balaban J connectivity index is 1.64. The minimum atomic E-state index is -0.802. The Kier molecular flexibility index (Phi) is 3.87. The Morgan fingerprint density at radius 1 is 1.32 bits per heavy atom. The lowest BCUT2D eigenvalue weighted by atomic mass is 9.96. The number of carbonyl (C=O) groups excluding carboxylic acids is 3. The highest BCUT2D eigenvalue weighted by molar-refractivity contribution is 6.09. The van der Waals surface area contributed by atoms with E-state index in [4.69, 9.17) is 0 Å². The molecule has 22 heavy (non-hydrogen) atoms. The lowest BCUT2D eigenvalue weighted by Gasteiger charge is -2.25. The van der Waals surface area contributed by atoms with E-state index >= 15 is 0 Å². The van der Waals surface area contributed by atoms with E-state index in [2.05, 4.69) is 5.32 Å². The van der Waals surface area contributed by atoms with Crippen molar-refractivity contribution < 1.29 is 14.4 Å². The van der Waals surface area contributed by atoms with Crippen LogP contribution in [0.3, 0.4) is 0 Å². The number of hydrogen-bond acceptors (Lipinski definition) is 3. The van der Waals surface area contributed by atoms with Crippen molar-refractivity contribution in [1.29, 1.82) is 0 Å². The van der Waals surface area contributed by atoms with Crippen LogP contribution in [0, 0.1) is 11.8 Å². The van der Waals surface area contributed by atoms with E-state index in [0.717, 1.165) is 30.7 Å². The molecule has 1 N–H and O–H groups in total. The van der Waals surface area contributed by atoms with Gasteiger partial charge >= 0.3 is 6.03 Å². The van der Waals surface area contributed by atoms with Crippen molar-refractivity contribution in [1.82, 2.24) is 15.1 Å². The Bertz CT molecular complexity index is 499. The maximum Gasteiger partial charge on any atom is 0.325 e. The normalized spacial score (nSPS) is 28.0. The van der Waals surface area contributed by atoms with E-state index < -0.39 is 11.6 Å². The number of carbonyl (C=O) groups is 3. The maximum atomic E-state index is 12.5. The Labute approximate surface area is 131 Å². The van der Waals surface area contributed by atoms with Gasteiger partial charge in [-0.25, -0.2) is 4.79 Å². The molecule has 122 valence electrons. The molecule has 1 saturated heterocycles. The summed E-state index contributed by atoms with van der Waals surface area (Å²) in [5, 5.41) is 2.79. The summed E-state index contributed by atoms with van der Waals surface area (Å²) in [4.78, 5) is 40.1. The molecule has 3 fully saturated rings. The van der Waals surface area contributed by atoms with Gasteiger partial charge in [-0.1, -0.05) is 6.92 Å². The molecule has 3 rings (SSSR count). The van der Waals surface area contributed by atoms with E-state index in [-0.39, 0.29) is 24.3 Å². The first kappa shape index (κ1) is 15.3. The number of nitrogens with one attached hydrogen (secondary N) is 1. The van der Waals surface area contributed by atoms with Gasteiger partial charge < -0.3 is 10.2 Å². The van der Waals surface area contributed by atoms with E-state index in [1.54, 1.807) is 6.92 Å². The van der Waals surface area contributed by atoms with Gasteiger partial charge in [0.15, 0.2) is 0 Å². The van der Waals surface area contributed by atoms with Crippen molar-refractivity contribution in [2.75, 3.05) is 19.6 Å². The third-order valence-electron chi connectivity index (χ3n) is 5.01. The van der Waals surface area contributed by atoms with Gasteiger partial charge in [-0.3, -0.25) is 14.5 Å². The third kappa shape index (κ3) is 2.83. The zero-order valence-electron chi connectivity index (χ0n) is 13.4. The van der Waals surface area contributed by atoms with E-state index in [0.29, 0.717) is 12.5 Å². The zero-order valence-corrected chi connectivity index (χ0v) is 13.4. The quantitative estimate of drug-likeness (QED) is 0.722. The van der Waals surface area contributed by atoms with Crippen LogP contribution in [-0.4, -0.2) is 52.8 Å². The molecule has 1 heterocycles. The van der Waals surface area contributed by atoms with Crippen molar-refractivity contribution in [3.63, 3.8) is 0 Å². The van der Waals surface area contributed by atoms with Gasteiger partial charge in [0, 0.05) is 13.1 Å². The third-order valence-corrected chi connectivity index (χ3v) is 5.01. The SMILES string of the molecule is CCCN(CC1CC1)C(=O)CN1C(=O)NC(C)(C2CC2)C1=O. The van der Waals surface area contributed by atoms with E-state index in [1.165, 1.54) is 12.8 Å². The molecule has 2 aliphatic carbocycles. The van der Waals surface area contributed by atoms with Crippen LogP contribution in [0.4, 0.5) is 4.79 Å². The summed E-state index contributed by atoms with van der Waals surface area (Å²) in [6.45, 7) is 5.14. The average molecular weight is 307 g/mol. The molecular formula is C16H25N3O3. The summed E-state index contributed by atoms with van der Waals surface area (Å²) >= 11 is 0. The summed E-state index contributed by atoms with van der Waals surface area (Å²) in [6, 6.07) is -0.421. The van der Waals surface area contributed by atoms with Crippen LogP contribution in [0.2, 0.25) is 0 Å². The van der Waals surface area contributed by atoms with Gasteiger partial charge in [0.1, 0.15) is 12.1 Å². The molecule has 2 saturated carbocycles. The van der Waals surface area contributed by atoms with Crippen molar-refractivity contribution in [3.05, 3.63) is 0 Å². The molecule has 1 atom stereocenters. The molecular weight excluding hydrogens is 282 g/mol. The first-order chi connectivity index (χ1) is 10.5.